The fourth-order valence-electron chi connectivity index (χ4n) is 3.20. The lowest BCUT2D eigenvalue weighted by Crippen LogP contribution is -2.30. The molecule has 4 rings (SSSR count). The van der Waals surface area contributed by atoms with Crippen molar-refractivity contribution >= 4 is 5.91 Å². The van der Waals surface area contributed by atoms with Gasteiger partial charge in [0.15, 0.2) is 11.5 Å². The number of fused-ring (bicyclic) bond motifs is 1. The summed E-state index contributed by atoms with van der Waals surface area (Å²) in [6, 6.07) is 6.01. The third-order valence-electron chi connectivity index (χ3n) is 4.36. The van der Waals surface area contributed by atoms with Crippen LogP contribution in [0.1, 0.15) is 40.5 Å². The molecule has 1 atom stereocenters. The van der Waals surface area contributed by atoms with Gasteiger partial charge in [-0.1, -0.05) is 6.07 Å². The maximum atomic E-state index is 12.8. The Labute approximate surface area is 128 Å². The van der Waals surface area contributed by atoms with Crippen molar-refractivity contribution in [2.75, 3.05) is 13.3 Å². The first-order valence-corrected chi connectivity index (χ1v) is 7.44. The molecule has 3 heterocycles. The number of likely N-dealkylation sites (tertiary alicyclic amines) is 1. The van der Waals surface area contributed by atoms with Gasteiger partial charge in [0.05, 0.1) is 17.8 Å². The number of carbonyl (C=O) groups is 1. The lowest BCUT2D eigenvalue weighted by atomic mass is 10.0. The molecule has 2 aliphatic heterocycles. The van der Waals surface area contributed by atoms with Gasteiger partial charge in [-0.2, -0.15) is 5.10 Å². The molecule has 1 amide bonds. The number of benzene rings is 1. The number of nitrogens with one attached hydrogen (secondary N) is 1. The van der Waals surface area contributed by atoms with Crippen LogP contribution in [0, 0.1) is 6.92 Å². The molecule has 0 aliphatic carbocycles. The SMILES string of the molecule is Cc1[nH]ncc1C(=O)N1CCCC1c1ccc2c(c1)OCO2. The highest BCUT2D eigenvalue weighted by atomic mass is 16.7. The molecule has 114 valence electrons. The maximum absolute atomic E-state index is 12.8. The maximum Gasteiger partial charge on any atom is 0.257 e. The highest BCUT2D eigenvalue weighted by molar-refractivity contribution is 5.95. The van der Waals surface area contributed by atoms with Gasteiger partial charge >= 0.3 is 0 Å². The van der Waals surface area contributed by atoms with Crippen LogP contribution in [0.15, 0.2) is 24.4 Å². The van der Waals surface area contributed by atoms with Crippen molar-refractivity contribution in [1.29, 1.82) is 0 Å². The van der Waals surface area contributed by atoms with Crippen LogP contribution in [0.3, 0.4) is 0 Å². The fraction of sp³-hybridized carbons (Fsp3) is 0.375. The van der Waals surface area contributed by atoms with E-state index >= 15 is 0 Å². The number of aromatic nitrogens is 2. The number of H-pyrrole nitrogens is 1. The van der Waals surface area contributed by atoms with Crippen molar-refractivity contribution < 1.29 is 14.3 Å². The molecule has 0 radical (unpaired) electrons. The smallest absolute Gasteiger partial charge is 0.257 e. The van der Waals surface area contributed by atoms with Gasteiger partial charge in [0, 0.05) is 12.2 Å². The van der Waals surface area contributed by atoms with E-state index in [9.17, 15) is 4.79 Å². The molecule has 1 N–H and O–H groups in total. The van der Waals surface area contributed by atoms with Crippen LogP contribution in [0.5, 0.6) is 11.5 Å². The monoisotopic (exact) mass is 299 g/mol. The summed E-state index contributed by atoms with van der Waals surface area (Å²) in [5.74, 6) is 1.56. The quantitative estimate of drug-likeness (QED) is 0.924. The summed E-state index contributed by atoms with van der Waals surface area (Å²) in [5, 5.41) is 6.78. The van der Waals surface area contributed by atoms with Gasteiger partial charge in [0.25, 0.3) is 5.91 Å². The summed E-state index contributed by atoms with van der Waals surface area (Å²) in [5.41, 5.74) is 2.55. The first kappa shape index (κ1) is 13.2. The normalized spacial score (nSPS) is 19.7. The van der Waals surface area contributed by atoms with Gasteiger partial charge in [-0.25, -0.2) is 0 Å². The second kappa shape index (κ2) is 5.05. The largest absolute Gasteiger partial charge is 0.454 e. The molecule has 0 spiro atoms. The molecule has 1 aromatic carbocycles. The molecule has 0 saturated carbocycles. The third kappa shape index (κ3) is 2.03. The van der Waals surface area contributed by atoms with Gasteiger partial charge in [-0.15, -0.1) is 0 Å². The molecule has 6 heteroatoms. The minimum atomic E-state index is 0.0337. The van der Waals surface area contributed by atoms with Crippen LogP contribution in [-0.2, 0) is 0 Å². The van der Waals surface area contributed by atoms with E-state index < -0.39 is 0 Å². The molecule has 22 heavy (non-hydrogen) atoms. The number of hydrogen-bond donors (Lipinski definition) is 1. The molecule has 1 aromatic heterocycles. The molecule has 1 fully saturated rings. The number of ether oxygens (including phenoxy) is 2. The lowest BCUT2D eigenvalue weighted by Gasteiger charge is -2.25. The van der Waals surface area contributed by atoms with Crippen LogP contribution >= 0.6 is 0 Å². The number of carbonyl (C=O) groups excluding carboxylic acids is 1. The molecule has 1 unspecified atom stereocenters. The zero-order chi connectivity index (χ0) is 15.1. The Balaban J connectivity index is 1.64. The van der Waals surface area contributed by atoms with Crippen LogP contribution < -0.4 is 9.47 Å². The van der Waals surface area contributed by atoms with Gasteiger partial charge < -0.3 is 14.4 Å². The van der Waals surface area contributed by atoms with Crippen LogP contribution in [0.2, 0.25) is 0 Å². The van der Waals surface area contributed by atoms with E-state index in [0.717, 1.165) is 42.1 Å². The van der Waals surface area contributed by atoms with Crippen molar-refractivity contribution in [2.24, 2.45) is 0 Å². The van der Waals surface area contributed by atoms with Crippen molar-refractivity contribution in [3.8, 4) is 11.5 Å². The minimum absolute atomic E-state index is 0.0337. The second-order valence-corrected chi connectivity index (χ2v) is 5.68. The van der Waals surface area contributed by atoms with Crippen LogP contribution in [0.4, 0.5) is 0 Å². The molecule has 6 nitrogen and oxygen atoms in total. The first-order chi connectivity index (χ1) is 10.7. The first-order valence-electron chi connectivity index (χ1n) is 7.44. The van der Waals surface area contributed by atoms with Gasteiger partial charge in [-0.3, -0.25) is 9.89 Å². The molecular weight excluding hydrogens is 282 g/mol. The van der Waals surface area contributed by atoms with Gasteiger partial charge in [0.1, 0.15) is 0 Å². The summed E-state index contributed by atoms with van der Waals surface area (Å²) >= 11 is 0. The van der Waals surface area contributed by atoms with E-state index in [1.165, 1.54) is 0 Å². The fourth-order valence-corrected chi connectivity index (χ4v) is 3.20. The van der Waals surface area contributed by atoms with E-state index in [1.807, 2.05) is 30.0 Å². The Morgan fingerprint density at radius 1 is 1.36 bits per heavy atom. The average Bonchev–Trinajstić information content (AvgIpc) is 3.25. The minimum Gasteiger partial charge on any atom is -0.454 e. The Morgan fingerprint density at radius 2 is 2.23 bits per heavy atom. The second-order valence-electron chi connectivity index (χ2n) is 5.68. The number of aryl methyl sites for hydroxylation is 1. The number of aromatic amines is 1. The molecule has 2 aromatic rings. The lowest BCUT2D eigenvalue weighted by molar-refractivity contribution is 0.0735. The Kier molecular flexibility index (Phi) is 3.03. The summed E-state index contributed by atoms with van der Waals surface area (Å²) in [4.78, 5) is 14.7. The van der Waals surface area contributed by atoms with Crippen molar-refractivity contribution in [2.45, 2.75) is 25.8 Å². The van der Waals surface area contributed by atoms with Gasteiger partial charge in [0.2, 0.25) is 6.79 Å². The van der Waals surface area contributed by atoms with Gasteiger partial charge in [-0.05, 0) is 37.5 Å². The molecule has 0 bridgehead atoms. The van der Waals surface area contributed by atoms with Crippen LogP contribution in [0.25, 0.3) is 0 Å². The zero-order valence-electron chi connectivity index (χ0n) is 12.3. The third-order valence-corrected chi connectivity index (χ3v) is 4.36. The van der Waals surface area contributed by atoms with Crippen LogP contribution in [-0.4, -0.2) is 34.3 Å². The molecular formula is C16H17N3O3. The number of rotatable bonds is 2. The van der Waals surface area contributed by atoms with Crippen molar-refractivity contribution in [1.82, 2.24) is 15.1 Å². The Hall–Kier alpha value is -2.50. The predicted octanol–water partition coefficient (Wildman–Crippen LogP) is 2.42. The standard InChI is InChI=1S/C16H17N3O3/c1-10-12(8-17-18-10)16(20)19-6-2-3-13(19)11-4-5-14-15(7-11)22-9-21-14/h4-5,7-8,13H,2-3,6,9H2,1H3,(H,17,18). The van der Waals surface area contributed by atoms with E-state index in [2.05, 4.69) is 10.2 Å². The van der Waals surface area contributed by atoms with Crippen molar-refractivity contribution in [3.05, 3.63) is 41.2 Å². The topological polar surface area (TPSA) is 67.5 Å². The van der Waals surface area contributed by atoms with E-state index in [-0.39, 0.29) is 18.7 Å². The van der Waals surface area contributed by atoms with E-state index in [1.54, 1.807) is 6.20 Å². The predicted molar refractivity (Wildman–Crippen MR) is 78.9 cm³/mol. The van der Waals surface area contributed by atoms with Crippen molar-refractivity contribution in [3.63, 3.8) is 0 Å². The number of nitrogens with zero attached hydrogens (tertiary/aromatic N) is 2. The summed E-state index contributed by atoms with van der Waals surface area (Å²) < 4.78 is 10.8. The van der Waals surface area contributed by atoms with E-state index in [4.69, 9.17) is 9.47 Å². The molecule has 2 aliphatic rings. The number of amides is 1. The summed E-state index contributed by atoms with van der Waals surface area (Å²) in [7, 11) is 0. The molecule has 1 saturated heterocycles. The zero-order valence-corrected chi connectivity index (χ0v) is 12.3. The summed E-state index contributed by atoms with van der Waals surface area (Å²) in [6.45, 7) is 2.90. The average molecular weight is 299 g/mol. The summed E-state index contributed by atoms with van der Waals surface area (Å²) in [6.07, 6.45) is 3.57. The Bertz CT molecular complexity index is 725. The Morgan fingerprint density at radius 3 is 3.05 bits per heavy atom. The van der Waals surface area contributed by atoms with E-state index in [0.29, 0.717) is 5.56 Å². The number of hydrogen-bond acceptors (Lipinski definition) is 4. The highest BCUT2D eigenvalue weighted by Gasteiger charge is 2.32. The highest BCUT2D eigenvalue weighted by Crippen LogP contribution is 2.39.